The molecule has 0 fully saturated rings. The van der Waals surface area contributed by atoms with Crippen LogP contribution in [0.25, 0.3) is 10.9 Å². The van der Waals surface area contributed by atoms with E-state index >= 15 is 0 Å². The molecule has 1 heterocycles. The van der Waals surface area contributed by atoms with E-state index in [-0.39, 0.29) is 27.9 Å². The average molecular weight is 573 g/mol. The third-order valence-corrected chi connectivity index (χ3v) is 7.52. The Morgan fingerprint density at radius 1 is 1.06 bits per heavy atom. The number of nitrogens with one attached hydrogen (secondary N) is 1. The summed E-state index contributed by atoms with van der Waals surface area (Å²) in [5.74, 6) is -0.403. The van der Waals surface area contributed by atoms with E-state index in [2.05, 4.69) is 31.1 Å². The molecule has 4 rings (SSSR count). The molecule has 1 amide bonds. The smallest absolute Gasteiger partial charge is 0.285 e. The van der Waals surface area contributed by atoms with Gasteiger partial charge in [0.25, 0.3) is 15.9 Å². The Morgan fingerprint density at radius 2 is 1.78 bits per heavy atom. The van der Waals surface area contributed by atoms with Crippen molar-refractivity contribution in [3.63, 3.8) is 0 Å². The van der Waals surface area contributed by atoms with Crippen LogP contribution in [0.4, 0.5) is 11.4 Å². The van der Waals surface area contributed by atoms with Crippen LogP contribution in [0.15, 0.2) is 86.3 Å². The molecular formula is C24H21BrN4O6S. The number of halogens is 1. The summed E-state index contributed by atoms with van der Waals surface area (Å²) in [6, 6.07) is 17.4. The molecule has 0 aliphatic carbocycles. The molecule has 36 heavy (non-hydrogen) atoms. The molecule has 0 saturated carbocycles. The summed E-state index contributed by atoms with van der Waals surface area (Å²) < 4.78 is 39.3. The second-order valence-electron chi connectivity index (χ2n) is 7.46. The van der Waals surface area contributed by atoms with Gasteiger partial charge in [-0.3, -0.25) is 9.10 Å². The zero-order valence-electron chi connectivity index (χ0n) is 19.2. The largest absolute Gasteiger partial charge is 0.497 e. The molecule has 0 aliphatic heterocycles. The molecule has 0 unspecified atom stereocenters. The van der Waals surface area contributed by atoms with Crippen LogP contribution >= 0.6 is 15.9 Å². The number of hydrogen-bond donors (Lipinski definition) is 2. The molecule has 4 aromatic rings. The third kappa shape index (κ3) is 5.04. The Morgan fingerprint density at radius 3 is 2.47 bits per heavy atom. The number of hydrogen-bond acceptors (Lipinski definition) is 7. The maximum absolute atomic E-state index is 13.6. The number of H-pyrrole nitrogens is 1. The Bertz CT molecular complexity index is 1550. The fourth-order valence-corrected chi connectivity index (χ4v) is 5.29. The lowest BCUT2D eigenvalue weighted by atomic mass is 10.2. The van der Waals surface area contributed by atoms with Crippen molar-refractivity contribution in [1.29, 1.82) is 0 Å². The minimum absolute atomic E-state index is 0.0569. The quantitative estimate of drug-likeness (QED) is 0.280. The van der Waals surface area contributed by atoms with E-state index in [0.717, 1.165) is 8.78 Å². The summed E-state index contributed by atoms with van der Waals surface area (Å²) in [4.78, 5) is 15.6. The van der Waals surface area contributed by atoms with Crippen molar-refractivity contribution >= 4 is 54.1 Å². The van der Waals surface area contributed by atoms with Gasteiger partial charge >= 0.3 is 0 Å². The lowest BCUT2D eigenvalue weighted by Crippen LogP contribution is -2.35. The minimum Gasteiger partial charge on any atom is -0.497 e. The Hall–Kier alpha value is -3.90. The van der Waals surface area contributed by atoms with Crippen LogP contribution in [-0.4, -0.2) is 45.2 Å². The molecule has 0 spiro atoms. The van der Waals surface area contributed by atoms with E-state index in [9.17, 15) is 18.3 Å². The lowest BCUT2D eigenvalue weighted by molar-refractivity contribution is -0.116. The number of nitrogens with zero attached hydrogens (tertiary/aromatic N) is 3. The van der Waals surface area contributed by atoms with Crippen LogP contribution in [0.1, 0.15) is 0 Å². The molecule has 0 bridgehead atoms. The van der Waals surface area contributed by atoms with E-state index in [1.807, 2.05) is 0 Å². The number of aromatic amines is 1. The first-order valence-corrected chi connectivity index (χ1v) is 12.7. The number of methoxy groups -OCH3 is 2. The first-order valence-electron chi connectivity index (χ1n) is 10.5. The van der Waals surface area contributed by atoms with Gasteiger partial charge in [-0.2, -0.15) is 0 Å². The van der Waals surface area contributed by atoms with Crippen molar-refractivity contribution in [2.75, 3.05) is 25.1 Å². The molecule has 10 nitrogen and oxygen atoms in total. The van der Waals surface area contributed by atoms with E-state index in [1.54, 1.807) is 36.4 Å². The molecule has 0 saturated heterocycles. The van der Waals surface area contributed by atoms with Gasteiger partial charge in [0.2, 0.25) is 5.88 Å². The van der Waals surface area contributed by atoms with E-state index in [0.29, 0.717) is 16.7 Å². The van der Waals surface area contributed by atoms with E-state index < -0.39 is 22.5 Å². The van der Waals surface area contributed by atoms with Gasteiger partial charge in [0.15, 0.2) is 5.69 Å². The number of azo groups is 1. The number of anilines is 1. The molecular weight excluding hydrogens is 552 g/mol. The topological polar surface area (TPSA) is 134 Å². The fraction of sp³-hybridized carbons (Fsp3) is 0.125. The highest BCUT2D eigenvalue weighted by molar-refractivity contribution is 9.10. The molecule has 0 radical (unpaired) electrons. The van der Waals surface area contributed by atoms with Gasteiger partial charge in [-0.15, -0.1) is 10.2 Å². The average Bonchev–Trinajstić information content (AvgIpc) is 3.19. The standard InChI is InChI=1S/C24H21BrN4O6S/c1-34-16-8-10-17(11-9-16)36(32,33)29(20-5-3-4-6-21(20)35-2)14-22(30)27-28-23-18-13-15(25)7-12-19(18)26-24(23)31/h3-13,26,31H,14H2,1-2H3. The molecule has 0 aliphatic rings. The number of benzene rings is 3. The second kappa shape index (κ2) is 10.4. The number of para-hydroxylation sites is 2. The summed E-state index contributed by atoms with van der Waals surface area (Å²) in [6.45, 7) is -0.662. The van der Waals surface area contributed by atoms with Crippen LogP contribution < -0.4 is 13.8 Å². The van der Waals surface area contributed by atoms with Crippen molar-refractivity contribution in [2.24, 2.45) is 10.2 Å². The van der Waals surface area contributed by atoms with Gasteiger partial charge in [0, 0.05) is 9.86 Å². The highest BCUT2D eigenvalue weighted by Gasteiger charge is 2.29. The normalized spacial score (nSPS) is 11.6. The van der Waals surface area contributed by atoms with Crippen LogP contribution in [0, 0.1) is 0 Å². The summed E-state index contributed by atoms with van der Waals surface area (Å²) >= 11 is 3.35. The number of carbonyl (C=O) groups excluding carboxylic acids is 1. The molecule has 12 heteroatoms. The number of rotatable bonds is 8. The SMILES string of the molecule is COc1ccc(S(=O)(=O)N(CC(=O)N=Nc2c(O)[nH]c3ccc(Br)cc23)c2ccccc2OC)cc1. The monoisotopic (exact) mass is 572 g/mol. The third-order valence-electron chi connectivity index (χ3n) is 5.26. The molecule has 0 atom stereocenters. The Balaban J connectivity index is 1.71. The number of carbonyl (C=O) groups is 1. The van der Waals surface area contributed by atoms with Crippen molar-refractivity contribution < 1.29 is 27.8 Å². The van der Waals surface area contributed by atoms with Crippen LogP contribution in [0.5, 0.6) is 17.4 Å². The fourth-order valence-electron chi connectivity index (χ4n) is 3.51. The van der Waals surface area contributed by atoms with Crippen molar-refractivity contribution in [3.05, 3.63) is 71.2 Å². The first kappa shape index (κ1) is 25.2. The first-order chi connectivity index (χ1) is 17.2. The van der Waals surface area contributed by atoms with Gasteiger partial charge in [0.1, 0.15) is 18.0 Å². The van der Waals surface area contributed by atoms with Gasteiger partial charge in [-0.05, 0) is 54.6 Å². The summed E-state index contributed by atoms with van der Waals surface area (Å²) in [6.07, 6.45) is 0. The van der Waals surface area contributed by atoms with Crippen LogP contribution in [0.3, 0.4) is 0 Å². The zero-order chi connectivity index (χ0) is 25.9. The van der Waals surface area contributed by atoms with Gasteiger partial charge in [0.05, 0.1) is 30.3 Å². The zero-order valence-corrected chi connectivity index (χ0v) is 21.6. The maximum Gasteiger partial charge on any atom is 0.285 e. The number of aromatic hydroxyl groups is 1. The number of sulfonamides is 1. The summed E-state index contributed by atoms with van der Waals surface area (Å²) in [7, 11) is -1.34. The van der Waals surface area contributed by atoms with Crippen LogP contribution in [-0.2, 0) is 14.8 Å². The van der Waals surface area contributed by atoms with Crippen molar-refractivity contribution in [2.45, 2.75) is 4.90 Å². The number of ether oxygens (including phenoxy) is 2. The van der Waals surface area contributed by atoms with Gasteiger partial charge in [-0.25, -0.2) is 8.42 Å². The number of fused-ring (bicyclic) bond motifs is 1. The molecule has 1 aromatic heterocycles. The van der Waals surface area contributed by atoms with Crippen molar-refractivity contribution in [3.8, 4) is 17.4 Å². The highest BCUT2D eigenvalue weighted by atomic mass is 79.9. The molecule has 186 valence electrons. The van der Waals surface area contributed by atoms with Gasteiger partial charge < -0.3 is 19.6 Å². The molecule has 3 aromatic carbocycles. The summed E-state index contributed by atoms with van der Waals surface area (Å²) in [5, 5.41) is 18.3. The summed E-state index contributed by atoms with van der Waals surface area (Å²) in [5.41, 5.74) is 0.801. The highest BCUT2D eigenvalue weighted by Crippen LogP contribution is 2.37. The second-order valence-corrected chi connectivity index (χ2v) is 10.2. The van der Waals surface area contributed by atoms with Gasteiger partial charge in [-0.1, -0.05) is 28.1 Å². The predicted octanol–water partition coefficient (Wildman–Crippen LogP) is 5.16. The van der Waals surface area contributed by atoms with Crippen molar-refractivity contribution in [1.82, 2.24) is 4.98 Å². The van der Waals surface area contributed by atoms with E-state index in [1.165, 1.54) is 44.6 Å². The Kier molecular flexibility index (Phi) is 7.27. The van der Waals surface area contributed by atoms with E-state index in [4.69, 9.17) is 9.47 Å². The Labute approximate surface area is 215 Å². The lowest BCUT2D eigenvalue weighted by Gasteiger charge is -2.24. The minimum atomic E-state index is -4.21. The molecule has 2 N–H and O–H groups in total. The van der Waals surface area contributed by atoms with Crippen LogP contribution in [0.2, 0.25) is 0 Å². The number of aromatic nitrogens is 1. The number of amides is 1. The predicted molar refractivity (Wildman–Crippen MR) is 138 cm³/mol. The maximum atomic E-state index is 13.6.